The second kappa shape index (κ2) is 4.95. The normalized spacial score (nSPS) is 13.2. The molecule has 0 radical (unpaired) electrons. The molecule has 5 nitrogen and oxygen atoms in total. The SMILES string of the molecule is CC(N)C(=O)NCC(=O)NC(C)(C)C. The lowest BCUT2D eigenvalue weighted by atomic mass is 10.1. The number of nitrogens with one attached hydrogen (secondary N) is 2. The Kier molecular flexibility index (Phi) is 4.56. The quantitative estimate of drug-likeness (QED) is 0.568. The van der Waals surface area contributed by atoms with Crippen LogP contribution in [0.3, 0.4) is 0 Å². The van der Waals surface area contributed by atoms with Crippen LogP contribution < -0.4 is 16.4 Å². The Hall–Kier alpha value is -1.10. The molecular weight excluding hydrogens is 182 g/mol. The van der Waals surface area contributed by atoms with Crippen molar-refractivity contribution in [3.05, 3.63) is 0 Å². The minimum atomic E-state index is -0.586. The Labute approximate surface area is 84.4 Å². The van der Waals surface area contributed by atoms with Crippen LogP contribution in [-0.4, -0.2) is 29.9 Å². The van der Waals surface area contributed by atoms with Crippen LogP contribution in [0.4, 0.5) is 0 Å². The van der Waals surface area contributed by atoms with Gasteiger partial charge in [-0.05, 0) is 27.7 Å². The molecule has 0 aromatic rings. The molecule has 0 heterocycles. The minimum Gasteiger partial charge on any atom is -0.350 e. The lowest BCUT2D eigenvalue weighted by molar-refractivity contribution is -0.127. The predicted molar refractivity (Wildman–Crippen MR) is 54.6 cm³/mol. The molecule has 0 aliphatic carbocycles. The van der Waals surface area contributed by atoms with Crippen LogP contribution in [0.2, 0.25) is 0 Å². The van der Waals surface area contributed by atoms with Gasteiger partial charge in [-0.15, -0.1) is 0 Å². The Bertz CT molecular complexity index is 219. The maximum absolute atomic E-state index is 11.2. The molecule has 0 saturated heterocycles. The number of nitrogens with two attached hydrogens (primary N) is 1. The van der Waals surface area contributed by atoms with E-state index in [0.717, 1.165) is 0 Å². The number of hydrogen-bond donors (Lipinski definition) is 3. The van der Waals surface area contributed by atoms with Gasteiger partial charge in [-0.3, -0.25) is 9.59 Å². The van der Waals surface area contributed by atoms with E-state index in [2.05, 4.69) is 10.6 Å². The molecule has 4 N–H and O–H groups in total. The summed E-state index contributed by atoms with van der Waals surface area (Å²) >= 11 is 0. The van der Waals surface area contributed by atoms with E-state index in [9.17, 15) is 9.59 Å². The highest BCUT2D eigenvalue weighted by molar-refractivity contribution is 5.87. The van der Waals surface area contributed by atoms with Gasteiger partial charge in [-0.1, -0.05) is 0 Å². The van der Waals surface area contributed by atoms with Gasteiger partial charge in [0.15, 0.2) is 0 Å². The Morgan fingerprint density at radius 3 is 2.21 bits per heavy atom. The summed E-state index contributed by atoms with van der Waals surface area (Å²) in [6, 6.07) is -0.586. The van der Waals surface area contributed by atoms with Gasteiger partial charge in [0.05, 0.1) is 12.6 Å². The van der Waals surface area contributed by atoms with Gasteiger partial charge in [-0.2, -0.15) is 0 Å². The summed E-state index contributed by atoms with van der Waals surface area (Å²) in [6.07, 6.45) is 0. The maximum atomic E-state index is 11.2. The maximum Gasteiger partial charge on any atom is 0.239 e. The molecule has 0 fully saturated rings. The monoisotopic (exact) mass is 201 g/mol. The van der Waals surface area contributed by atoms with E-state index in [4.69, 9.17) is 5.73 Å². The molecule has 0 spiro atoms. The van der Waals surface area contributed by atoms with Crippen molar-refractivity contribution in [1.82, 2.24) is 10.6 Å². The summed E-state index contributed by atoms with van der Waals surface area (Å²) in [5.41, 5.74) is 5.02. The fraction of sp³-hybridized carbons (Fsp3) is 0.778. The highest BCUT2D eigenvalue weighted by atomic mass is 16.2. The van der Waals surface area contributed by atoms with Crippen molar-refractivity contribution in [2.45, 2.75) is 39.3 Å². The van der Waals surface area contributed by atoms with Crippen LogP contribution in [-0.2, 0) is 9.59 Å². The van der Waals surface area contributed by atoms with Crippen molar-refractivity contribution in [2.75, 3.05) is 6.54 Å². The van der Waals surface area contributed by atoms with E-state index in [1.807, 2.05) is 20.8 Å². The highest BCUT2D eigenvalue weighted by Crippen LogP contribution is 1.96. The number of hydrogen-bond acceptors (Lipinski definition) is 3. The molecule has 0 saturated carbocycles. The summed E-state index contributed by atoms with van der Waals surface area (Å²) in [5.74, 6) is -0.541. The van der Waals surface area contributed by atoms with Crippen molar-refractivity contribution in [1.29, 1.82) is 0 Å². The molecule has 0 aromatic heterocycles. The van der Waals surface area contributed by atoms with Crippen molar-refractivity contribution in [2.24, 2.45) is 5.73 Å². The minimum absolute atomic E-state index is 0.0301. The van der Waals surface area contributed by atoms with Crippen molar-refractivity contribution in [3.8, 4) is 0 Å². The third-order valence-electron chi connectivity index (χ3n) is 1.35. The van der Waals surface area contributed by atoms with Gasteiger partial charge in [0, 0.05) is 5.54 Å². The van der Waals surface area contributed by atoms with E-state index in [1.54, 1.807) is 6.92 Å². The van der Waals surface area contributed by atoms with Crippen molar-refractivity contribution >= 4 is 11.8 Å². The molecular formula is C9H19N3O2. The second-order valence-electron chi connectivity index (χ2n) is 4.30. The molecule has 1 atom stereocenters. The fourth-order valence-electron chi connectivity index (χ4n) is 0.791. The lowest BCUT2D eigenvalue weighted by Gasteiger charge is -2.20. The summed E-state index contributed by atoms with van der Waals surface area (Å²) in [5, 5.41) is 5.15. The van der Waals surface area contributed by atoms with Gasteiger partial charge in [0.1, 0.15) is 0 Å². The second-order valence-corrected chi connectivity index (χ2v) is 4.30. The van der Waals surface area contributed by atoms with E-state index >= 15 is 0 Å². The molecule has 82 valence electrons. The number of carbonyl (C=O) groups is 2. The zero-order valence-corrected chi connectivity index (χ0v) is 9.18. The molecule has 0 aliphatic heterocycles. The van der Waals surface area contributed by atoms with Gasteiger partial charge in [0.2, 0.25) is 11.8 Å². The predicted octanol–water partition coefficient (Wildman–Crippen LogP) is -0.635. The first kappa shape index (κ1) is 12.9. The molecule has 0 aromatic carbocycles. The van der Waals surface area contributed by atoms with Crippen molar-refractivity contribution < 1.29 is 9.59 Å². The first-order valence-electron chi connectivity index (χ1n) is 4.56. The Balaban J connectivity index is 3.81. The highest BCUT2D eigenvalue weighted by Gasteiger charge is 2.14. The van der Waals surface area contributed by atoms with Crippen LogP contribution in [0.5, 0.6) is 0 Å². The fourth-order valence-corrected chi connectivity index (χ4v) is 0.791. The Morgan fingerprint density at radius 2 is 1.86 bits per heavy atom. The molecule has 2 amide bonds. The summed E-state index contributed by atoms with van der Waals surface area (Å²) < 4.78 is 0. The summed E-state index contributed by atoms with van der Waals surface area (Å²) in [4.78, 5) is 22.2. The van der Waals surface area contributed by atoms with Gasteiger partial charge in [-0.25, -0.2) is 0 Å². The number of rotatable bonds is 3. The van der Waals surface area contributed by atoms with Crippen LogP contribution in [0.1, 0.15) is 27.7 Å². The van der Waals surface area contributed by atoms with E-state index in [0.29, 0.717) is 0 Å². The topological polar surface area (TPSA) is 84.2 Å². The zero-order chi connectivity index (χ0) is 11.4. The molecule has 0 aliphatic rings. The first-order valence-corrected chi connectivity index (χ1v) is 4.56. The third-order valence-corrected chi connectivity index (χ3v) is 1.35. The number of amides is 2. The molecule has 14 heavy (non-hydrogen) atoms. The average Bonchev–Trinajstić information content (AvgIpc) is 1.96. The Morgan fingerprint density at radius 1 is 1.36 bits per heavy atom. The molecule has 5 heteroatoms. The largest absolute Gasteiger partial charge is 0.350 e. The van der Waals surface area contributed by atoms with Crippen LogP contribution in [0, 0.1) is 0 Å². The van der Waals surface area contributed by atoms with Gasteiger partial charge < -0.3 is 16.4 Å². The summed E-state index contributed by atoms with van der Waals surface area (Å²) in [6.45, 7) is 7.16. The average molecular weight is 201 g/mol. The van der Waals surface area contributed by atoms with E-state index < -0.39 is 6.04 Å². The number of carbonyl (C=O) groups excluding carboxylic acids is 2. The van der Waals surface area contributed by atoms with Gasteiger partial charge in [0.25, 0.3) is 0 Å². The van der Waals surface area contributed by atoms with Crippen molar-refractivity contribution in [3.63, 3.8) is 0 Å². The van der Waals surface area contributed by atoms with E-state index in [-0.39, 0.29) is 23.9 Å². The standard InChI is InChI=1S/C9H19N3O2/c1-6(10)8(14)11-5-7(13)12-9(2,3)4/h6H,5,10H2,1-4H3,(H,11,14)(H,12,13). The van der Waals surface area contributed by atoms with E-state index in [1.165, 1.54) is 0 Å². The lowest BCUT2D eigenvalue weighted by Crippen LogP contribution is -2.48. The van der Waals surface area contributed by atoms with Crippen LogP contribution in [0.15, 0.2) is 0 Å². The van der Waals surface area contributed by atoms with Crippen LogP contribution in [0.25, 0.3) is 0 Å². The molecule has 1 unspecified atom stereocenters. The molecule has 0 rings (SSSR count). The van der Waals surface area contributed by atoms with Gasteiger partial charge >= 0.3 is 0 Å². The first-order chi connectivity index (χ1) is 6.22. The van der Waals surface area contributed by atoms with Crippen LogP contribution >= 0.6 is 0 Å². The molecule has 0 bridgehead atoms. The zero-order valence-electron chi connectivity index (χ0n) is 9.18. The third kappa shape index (κ3) is 6.42. The summed E-state index contributed by atoms with van der Waals surface area (Å²) in [7, 11) is 0. The smallest absolute Gasteiger partial charge is 0.239 e.